The van der Waals surface area contributed by atoms with Crippen molar-refractivity contribution in [1.82, 2.24) is 14.8 Å². The smallest absolute Gasteiger partial charge is 0.257 e. The molecule has 0 atom stereocenters. The summed E-state index contributed by atoms with van der Waals surface area (Å²) < 4.78 is 1.98. The first-order chi connectivity index (χ1) is 16.2. The number of thioether (sulfide) groups is 1. The molecule has 0 aliphatic heterocycles. The molecule has 1 heterocycles. The molecule has 0 radical (unpaired) electrons. The Morgan fingerprint density at radius 2 is 1.52 bits per heavy atom. The first-order valence-corrected chi connectivity index (χ1v) is 11.5. The van der Waals surface area contributed by atoms with Crippen molar-refractivity contribution in [3.05, 3.63) is 90.5 Å². The Hall–Kier alpha value is -3.91. The van der Waals surface area contributed by atoms with E-state index in [0.717, 1.165) is 11.4 Å². The van der Waals surface area contributed by atoms with Crippen LogP contribution < -0.4 is 10.6 Å². The molecule has 0 spiro atoms. The minimum absolute atomic E-state index is 0.140. The number of carbonyl (C=O) groups excluding carboxylic acids is 2. The minimum atomic E-state index is -0.289. The van der Waals surface area contributed by atoms with Gasteiger partial charge in [-0.25, -0.2) is 0 Å². The van der Waals surface area contributed by atoms with Crippen LogP contribution in [0, 0.1) is 0 Å². The predicted molar refractivity (Wildman–Crippen MR) is 131 cm³/mol. The quantitative estimate of drug-likeness (QED) is 0.366. The van der Waals surface area contributed by atoms with Crippen molar-refractivity contribution in [3.8, 4) is 11.4 Å². The van der Waals surface area contributed by atoms with E-state index in [-0.39, 0.29) is 17.6 Å². The van der Waals surface area contributed by atoms with Gasteiger partial charge >= 0.3 is 0 Å². The van der Waals surface area contributed by atoms with E-state index < -0.39 is 0 Å². The molecule has 1 aromatic heterocycles. The van der Waals surface area contributed by atoms with Crippen LogP contribution in [0.2, 0.25) is 0 Å². The van der Waals surface area contributed by atoms with E-state index >= 15 is 0 Å². The maximum absolute atomic E-state index is 12.7. The van der Waals surface area contributed by atoms with Crippen LogP contribution in [0.25, 0.3) is 11.4 Å². The van der Waals surface area contributed by atoms with Crippen LogP contribution in [0.1, 0.15) is 17.3 Å². The average molecular weight is 458 g/mol. The van der Waals surface area contributed by atoms with E-state index in [2.05, 4.69) is 20.8 Å². The third-order valence-corrected chi connectivity index (χ3v) is 5.84. The van der Waals surface area contributed by atoms with Crippen LogP contribution in [0.4, 0.5) is 11.4 Å². The van der Waals surface area contributed by atoms with Gasteiger partial charge in [0.1, 0.15) is 0 Å². The fraction of sp³-hybridized carbons (Fsp3) is 0.120. The van der Waals surface area contributed by atoms with Gasteiger partial charge in [0.05, 0.1) is 17.0 Å². The SMILES string of the molecule is CCn1c(SCC(=O)Nc2ccccc2C(=O)Nc2ccccc2)nnc1-c1ccccc1. The van der Waals surface area contributed by atoms with Gasteiger partial charge in [0, 0.05) is 17.8 Å². The summed E-state index contributed by atoms with van der Waals surface area (Å²) in [7, 11) is 0. The lowest BCUT2D eigenvalue weighted by atomic mass is 10.1. The van der Waals surface area contributed by atoms with Crippen LogP contribution in [-0.2, 0) is 11.3 Å². The summed E-state index contributed by atoms with van der Waals surface area (Å²) in [6, 6.07) is 25.9. The second-order valence-electron chi connectivity index (χ2n) is 7.12. The molecule has 0 aliphatic rings. The molecule has 33 heavy (non-hydrogen) atoms. The largest absolute Gasteiger partial charge is 0.325 e. The lowest BCUT2D eigenvalue weighted by Crippen LogP contribution is -2.19. The molecule has 7 nitrogen and oxygen atoms in total. The summed E-state index contributed by atoms with van der Waals surface area (Å²) in [5, 5.41) is 14.9. The fourth-order valence-electron chi connectivity index (χ4n) is 3.31. The number of anilines is 2. The Morgan fingerprint density at radius 3 is 2.24 bits per heavy atom. The van der Waals surface area contributed by atoms with E-state index in [4.69, 9.17) is 0 Å². The van der Waals surface area contributed by atoms with Gasteiger partial charge in [-0.15, -0.1) is 10.2 Å². The second-order valence-corrected chi connectivity index (χ2v) is 8.06. The zero-order valence-electron chi connectivity index (χ0n) is 18.1. The van der Waals surface area contributed by atoms with E-state index in [1.807, 2.05) is 72.2 Å². The molecule has 4 aromatic rings. The van der Waals surface area contributed by atoms with Crippen LogP contribution in [0.3, 0.4) is 0 Å². The molecule has 8 heteroatoms. The number of para-hydroxylation sites is 2. The number of nitrogens with zero attached hydrogens (tertiary/aromatic N) is 3. The molecular weight excluding hydrogens is 434 g/mol. The van der Waals surface area contributed by atoms with Crippen LogP contribution >= 0.6 is 11.8 Å². The standard InChI is InChI=1S/C25H23N5O2S/c1-2-30-23(18-11-5-3-6-12-18)28-29-25(30)33-17-22(31)27-21-16-10-9-15-20(21)24(32)26-19-13-7-4-8-14-19/h3-16H,2,17H2,1H3,(H,26,32)(H,27,31). The molecule has 2 amide bonds. The monoisotopic (exact) mass is 457 g/mol. The number of benzene rings is 3. The summed E-state index contributed by atoms with van der Waals surface area (Å²) in [5.41, 5.74) is 2.51. The van der Waals surface area contributed by atoms with Gasteiger partial charge in [0.25, 0.3) is 5.91 Å². The molecule has 3 aromatic carbocycles. The number of amides is 2. The highest BCUT2D eigenvalue weighted by molar-refractivity contribution is 7.99. The van der Waals surface area contributed by atoms with E-state index in [0.29, 0.717) is 28.6 Å². The average Bonchev–Trinajstić information content (AvgIpc) is 3.27. The minimum Gasteiger partial charge on any atom is -0.325 e. The van der Waals surface area contributed by atoms with Crippen molar-refractivity contribution in [3.63, 3.8) is 0 Å². The summed E-state index contributed by atoms with van der Waals surface area (Å²) in [4.78, 5) is 25.4. The molecule has 0 saturated heterocycles. The van der Waals surface area contributed by atoms with Crippen molar-refractivity contribution in [2.24, 2.45) is 0 Å². The number of hydrogen-bond donors (Lipinski definition) is 2. The second kappa shape index (κ2) is 10.6. The van der Waals surface area contributed by atoms with Crippen LogP contribution in [0.5, 0.6) is 0 Å². The van der Waals surface area contributed by atoms with Crippen molar-refractivity contribution in [1.29, 1.82) is 0 Å². The van der Waals surface area contributed by atoms with E-state index in [9.17, 15) is 9.59 Å². The molecule has 2 N–H and O–H groups in total. The number of hydrogen-bond acceptors (Lipinski definition) is 5. The number of aromatic nitrogens is 3. The normalized spacial score (nSPS) is 10.6. The highest BCUT2D eigenvalue weighted by Crippen LogP contribution is 2.24. The first-order valence-electron chi connectivity index (χ1n) is 10.5. The fourth-order valence-corrected chi connectivity index (χ4v) is 4.11. The van der Waals surface area contributed by atoms with Crippen LogP contribution in [-0.4, -0.2) is 32.3 Å². The third-order valence-electron chi connectivity index (χ3n) is 4.87. The number of nitrogens with one attached hydrogen (secondary N) is 2. The number of carbonyl (C=O) groups is 2. The van der Waals surface area contributed by atoms with Crippen molar-refractivity contribution in [2.75, 3.05) is 16.4 Å². The molecular formula is C25H23N5O2S. The molecule has 166 valence electrons. The highest BCUT2D eigenvalue weighted by Gasteiger charge is 2.16. The Bertz CT molecular complexity index is 1240. The zero-order valence-corrected chi connectivity index (χ0v) is 18.9. The van der Waals surface area contributed by atoms with Gasteiger partial charge in [-0.2, -0.15) is 0 Å². The Morgan fingerprint density at radius 1 is 0.848 bits per heavy atom. The van der Waals surface area contributed by atoms with E-state index in [1.54, 1.807) is 24.3 Å². The van der Waals surface area contributed by atoms with Crippen molar-refractivity contribution in [2.45, 2.75) is 18.6 Å². The first kappa shape index (κ1) is 22.3. The van der Waals surface area contributed by atoms with Gasteiger partial charge < -0.3 is 15.2 Å². The summed E-state index contributed by atoms with van der Waals surface area (Å²) in [6.07, 6.45) is 0. The molecule has 0 fully saturated rings. The van der Waals surface area contributed by atoms with Gasteiger partial charge in [0.15, 0.2) is 11.0 Å². The maximum atomic E-state index is 12.7. The van der Waals surface area contributed by atoms with E-state index in [1.165, 1.54) is 11.8 Å². The number of rotatable bonds is 8. The van der Waals surface area contributed by atoms with Crippen LogP contribution in [0.15, 0.2) is 90.1 Å². The summed E-state index contributed by atoms with van der Waals surface area (Å²) >= 11 is 1.31. The molecule has 4 rings (SSSR count). The third kappa shape index (κ3) is 5.48. The molecule has 0 bridgehead atoms. The molecule has 0 saturated carbocycles. The highest BCUT2D eigenvalue weighted by atomic mass is 32.2. The Balaban J connectivity index is 1.42. The van der Waals surface area contributed by atoms with Gasteiger partial charge in [-0.3, -0.25) is 9.59 Å². The Kier molecular flexibility index (Phi) is 7.16. The Labute approximate surface area is 196 Å². The summed E-state index contributed by atoms with van der Waals surface area (Å²) in [6.45, 7) is 2.70. The van der Waals surface area contributed by atoms with Gasteiger partial charge in [-0.05, 0) is 31.2 Å². The van der Waals surface area contributed by atoms with Gasteiger partial charge in [0.2, 0.25) is 5.91 Å². The predicted octanol–water partition coefficient (Wildman–Crippen LogP) is 4.95. The lowest BCUT2D eigenvalue weighted by Gasteiger charge is -2.12. The maximum Gasteiger partial charge on any atom is 0.257 e. The van der Waals surface area contributed by atoms with Crippen molar-refractivity contribution >= 4 is 35.0 Å². The van der Waals surface area contributed by atoms with Crippen molar-refractivity contribution < 1.29 is 9.59 Å². The summed E-state index contributed by atoms with van der Waals surface area (Å²) in [5.74, 6) is 0.389. The lowest BCUT2D eigenvalue weighted by molar-refractivity contribution is -0.113. The topological polar surface area (TPSA) is 88.9 Å². The molecule has 0 unspecified atom stereocenters. The van der Waals surface area contributed by atoms with Gasteiger partial charge in [-0.1, -0.05) is 72.4 Å². The zero-order chi connectivity index (χ0) is 23.0. The molecule has 0 aliphatic carbocycles.